The van der Waals surface area contributed by atoms with Crippen LogP contribution in [0, 0.1) is 19.8 Å². The number of aromatic nitrogens is 2. The van der Waals surface area contributed by atoms with Crippen LogP contribution in [0.3, 0.4) is 0 Å². The van der Waals surface area contributed by atoms with Crippen LogP contribution < -0.4 is 15.4 Å². The molecule has 4 rings (SSSR count). The highest BCUT2D eigenvalue weighted by atomic mass is 16.6. The minimum atomic E-state index is -0.0931. The molecule has 2 aromatic carbocycles. The molecule has 0 aliphatic carbocycles. The Hall–Kier alpha value is -2.97. The predicted octanol–water partition coefficient (Wildman–Crippen LogP) is 3.64. The molecule has 1 atom stereocenters. The normalized spacial score (nSPS) is 15.3. The van der Waals surface area contributed by atoms with Crippen molar-refractivity contribution in [3.05, 3.63) is 52.6 Å². The summed E-state index contributed by atoms with van der Waals surface area (Å²) in [4.78, 5) is 15.0. The third-order valence-corrected chi connectivity index (χ3v) is 6.91. The van der Waals surface area contributed by atoms with Gasteiger partial charge in [-0.3, -0.25) is 9.69 Å². The quantitative estimate of drug-likeness (QED) is 0.418. The maximum absolute atomic E-state index is 12.5. The Kier molecular flexibility index (Phi) is 7.80. The fraction of sp³-hybridized carbons (Fsp3) is 0.500. The molecule has 34 heavy (non-hydrogen) atoms. The number of unbranched alkanes of at least 4 members (excludes halogenated alkanes) is 1. The maximum atomic E-state index is 12.5. The molecule has 2 heterocycles. The van der Waals surface area contributed by atoms with Crippen molar-refractivity contribution in [2.75, 3.05) is 39.8 Å². The van der Waals surface area contributed by atoms with Gasteiger partial charge in [0.2, 0.25) is 0 Å². The van der Waals surface area contributed by atoms with Gasteiger partial charge in [-0.15, -0.1) is 0 Å². The molecule has 0 bridgehead atoms. The molecule has 1 saturated heterocycles. The lowest BCUT2D eigenvalue weighted by molar-refractivity contribution is 0.0569. The Morgan fingerprint density at radius 3 is 2.74 bits per heavy atom. The molecule has 1 unspecified atom stereocenters. The van der Waals surface area contributed by atoms with Gasteiger partial charge in [-0.1, -0.05) is 6.07 Å². The first-order valence-corrected chi connectivity index (χ1v) is 12.1. The van der Waals surface area contributed by atoms with Gasteiger partial charge in [0.15, 0.2) is 0 Å². The van der Waals surface area contributed by atoms with Crippen molar-refractivity contribution >= 4 is 16.9 Å². The summed E-state index contributed by atoms with van der Waals surface area (Å²) < 4.78 is 10.7. The topological polar surface area (TPSA) is 92.5 Å². The van der Waals surface area contributed by atoms with Gasteiger partial charge in [-0.25, -0.2) is 4.63 Å². The average Bonchev–Trinajstić information content (AvgIpc) is 3.28. The SMILES string of the molecule is CNCCCCOc1ccc(C(C)N2CC(CNC(=O)c3ccc4nonc4c3)C2)c(C)c1C. The number of hydrogen-bond donors (Lipinski definition) is 2. The first-order chi connectivity index (χ1) is 16.5. The minimum Gasteiger partial charge on any atom is -0.493 e. The fourth-order valence-electron chi connectivity index (χ4n) is 4.53. The first kappa shape index (κ1) is 24.2. The molecular formula is C26H35N5O3. The first-order valence-electron chi connectivity index (χ1n) is 12.1. The van der Waals surface area contributed by atoms with Crippen molar-refractivity contribution < 1.29 is 14.2 Å². The van der Waals surface area contributed by atoms with Crippen LogP contribution in [0.15, 0.2) is 35.0 Å². The molecule has 1 amide bonds. The number of nitrogens with one attached hydrogen (secondary N) is 2. The standard InChI is InChI=1S/C26H35N5O3/c1-17-18(2)25(33-12-6-5-11-27-4)10-8-22(17)19(3)31-15-20(16-31)14-28-26(32)21-7-9-23-24(13-21)30-34-29-23/h7-10,13,19-20,27H,5-6,11-12,14-16H2,1-4H3,(H,28,32). The van der Waals surface area contributed by atoms with Crippen LogP contribution in [-0.4, -0.2) is 61.0 Å². The minimum absolute atomic E-state index is 0.0931. The summed E-state index contributed by atoms with van der Waals surface area (Å²) in [7, 11) is 1.98. The van der Waals surface area contributed by atoms with Crippen molar-refractivity contribution in [2.24, 2.45) is 5.92 Å². The highest BCUT2D eigenvalue weighted by molar-refractivity contribution is 5.97. The van der Waals surface area contributed by atoms with E-state index < -0.39 is 0 Å². The third kappa shape index (κ3) is 5.39. The number of carbonyl (C=O) groups is 1. The Morgan fingerprint density at radius 1 is 1.15 bits per heavy atom. The number of fused-ring (bicyclic) bond motifs is 1. The summed E-state index contributed by atoms with van der Waals surface area (Å²) >= 11 is 0. The van der Waals surface area contributed by atoms with Crippen molar-refractivity contribution in [3.63, 3.8) is 0 Å². The lowest BCUT2D eigenvalue weighted by Gasteiger charge is -2.44. The van der Waals surface area contributed by atoms with Gasteiger partial charge in [0, 0.05) is 37.2 Å². The summed E-state index contributed by atoms with van der Waals surface area (Å²) in [5.74, 6) is 1.34. The Morgan fingerprint density at radius 2 is 1.94 bits per heavy atom. The Bertz CT molecular complexity index is 1120. The number of rotatable bonds is 11. The lowest BCUT2D eigenvalue weighted by Crippen LogP contribution is -2.52. The number of ether oxygens (including phenoxy) is 1. The maximum Gasteiger partial charge on any atom is 0.251 e. The number of amides is 1. The van der Waals surface area contributed by atoms with Crippen molar-refractivity contribution in [2.45, 2.75) is 39.7 Å². The fourth-order valence-corrected chi connectivity index (χ4v) is 4.53. The van der Waals surface area contributed by atoms with E-state index in [9.17, 15) is 4.79 Å². The van der Waals surface area contributed by atoms with E-state index in [1.54, 1.807) is 18.2 Å². The molecule has 8 nitrogen and oxygen atoms in total. The second-order valence-corrected chi connectivity index (χ2v) is 9.24. The van der Waals surface area contributed by atoms with Gasteiger partial charge in [0.25, 0.3) is 5.91 Å². The summed E-state index contributed by atoms with van der Waals surface area (Å²) in [5, 5.41) is 13.8. The van der Waals surface area contributed by atoms with Crippen LogP contribution in [0.4, 0.5) is 0 Å². The largest absolute Gasteiger partial charge is 0.493 e. The van der Waals surface area contributed by atoms with Crippen LogP contribution in [0.1, 0.15) is 52.9 Å². The van der Waals surface area contributed by atoms with E-state index >= 15 is 0 Å². The van der Waals surface area contributed by atoms with Gasteiger partial charge < -0.3 is 15.4 Å². The highest BCUT2D eigenvalue weighted by Crippen LogP contribution is 2.34. The van der Waals surface area contributed by atoms with Crippen LogP contribution in [-0.2, 0) is 0 Å². The van der Waals surface area contributed by atoms with Crippen molar-refractivity contribution in [1.82, 2.24) is 25.8 Å². The summed E-state index contributed by atoms with van der Waals surface area (Å²) in [6.07, 6.45) is 2.17. The van der Waals surface area contributed by atoms with Crippen LogP contribution in [0.5, 0.6) is 5.75 Å². The summed E-state index contributed by atoms with van der Waals surface area (Å²) in [5.41, 5.74) is 5.68. The number of carbonyl (C=O) groups excluding carboxylic acids is 1. The highest BCUT2D eigenvalue weighted by Gasteiger charge is 2.32. The van der Waals surface area contributed by atoms with Crippen molar-refractivity contribution in [1.29, 1.82) is 0 Å². The number of nitrogens with zero attached hydrogens (tertiary/aromatic N) is 3. The van der Waals surface area contributed by atoms with E-state index in [-0.39, 0.29) is 5.91 Å². The van der Waals surface area contributed by atoms with E-state index in [4.69, 9.17) is 9.37 Å². The molecule has 182 valence electrons. The molecule has 1 aliphatic heterocycles. The van der Waals surface area contributed by atoms with E-state index in [2.05, 4.69) is 58.8 Å². The van der Waals surface area contributed by atoms with E-state index in [0.717, 1.165) is 44.8 Å². The molecule has 3 aromatic rings. The van der Waals surface area contributed by atoms with E-state index in [1.165, 1.54) is 16.7 Å². The third-order valence-electron chi connectivity index (χ3n) is 6.91. The number of hydrogen-bond acceptors (Lipinski definition) is 7. The van der Waals surface area contributed by atoms with Gasteiger partial charge >= 0.3 is 0 Å². The molecule has 1 aromatic heterocycles. The monoisotopic (exact) mass is 465 g/mol. The van der Waals surface area contributed by atoms with Crippen LogP contribution in [0.2, 0.25) is 0 Å². The average molecular weight is 466 g/mol. The molecule has 1 aliphatic rings. The zero-order chi connectivity index (χ0) is 24.1. The molecule has 8 heteroatoms. The van der Waals surface area contributed by atoms with E-state index in [0.29, 0.717) is 35.1 Å². The molecule has 1 fully saturated rings. The lowest BCUT2D eigenvalue weighted by atomic mass is 9.91. The van der Waals surface area contributed by atoms with Gasteiger partial charge in [-0.2, -0.15) is 0 Å². The smallest absolute Gasteiger partial charge is 0.251 e. The second-order valence-electron chi connectivity index (χ2n) is 9.24. The zero-order valence-corrected chi connectivity index (χ0v) is 20.6. The van der Waals surface area contributed by atoms with Crippen LogP contribution >= 0.6 is 0 Å². The Labute approximate surface area is 201 Å². The molecule has 0 spiro atoms. The molecule has 2 N–H and O–H groups in total. The summed E-state index contributed by atoms with van der Waals surface area (Å²) in [6, 6.07) is 9.86. The van der Waals surface area contributed by atoms with Crippen LogP contribution in [0.25, 0.3) is 11.0 Å². The van der Waals surface area contributed by atoms with Crippen molar-refractivity contribution in [3.8, 4) is 5.75 Å². The number of likely N-dealkylation sites (tertiary alicyclic amines) is 1. The zero-order valence-electron chi connectivity index (χ0n) is 20.6. The molecule has 0 radical (unpaired) electrons. The van der Waals surface area contributed by atoms with Gasteiger partial charge in [0.1, 0.15) is 16.8 Å². The van der Waals surface area contributed by atoms with Gasteiger partial charge in [0.05, 0.1) is 6.61 Å². The molecular weight excluding hydrogens is 430 g/mol. The second kappa shape index (κ2) is 11.0. The summed E-state index contributed by atoms with van der Waals surface area (Å²) in [6.45, 7) is 11.0. The Balaban J connectivity index is 1.25. The predicted molar refractivity (Wildman–Crippen MR) is 132 cm³/mol. The number of benzene rings is 2. The van der Waals surface area contributed by atoms with E-state index in [1.807, 2.05) is 7.05 Å². The molecule has 0 saturated carbocycles. The van der Waals surface area contributed by atoms with Gasteiger partial charge in [-0.05, 0) is 98.5 Å².